The molecule has 0 radical (unpaired) electrons. The number of carbonyl (C=O) groups is 1. The molecule has 2 saturated carbocycles. The van der Waals surface area contributed by atoms with Crippen molar-refractivity contribution in [1.29, 1.82) is 0 Å². The zero-order valence-electron chi connectivity index (χ0n) is 13.1. The Morgan fingerprint density at radius 2 is 1.85 bits per heavy atom. The fourth-order valence-electron chi connectivity index (χ4n) is 4.96. The van der Waals surface area contributed by atoms with Crippen molar-refractivity contribution in [2.75, 3.05) is 6.54 Å². The molecule has 5 unspecified atom stereocenters. The maximum Gasteiger partial charge on any atom is 0.308 e. The molecule has 3 nitrogen and oxygen atoms in total. The van der Waals surface area contributed by atoms with E-state index in [1.54, 1.807) is 0 Å². The first kappa shape index (κ1) is 14.4. The number of fused-ring (bicyclic) bond motifs is 2. The minimum atomic E-state index is -0.565. The lowest BCUT2D eigenvalue weighted by molar-refractivity contribution is -0.147. The largest absolute Gasteiger partial charge is 0.481 e. The number of carboxylic acids is 1. The van der Waals surface area contributed by atoms with E-state index in [-0.39, 0.29) is 5.92 Å². The molecule has 0 spiro atoms. The highest BCUT2D eigenvalue weighted by molar-refractivity contribution is 5.71. The highest BCUT2D eigenvalue weighted by Crippen LogP contribution is 2.46. The van der Waals surface area contributed by atoms with Crippen LogP contribution >= 0.6 is 0 Å². The topological polar surface area (TPSA) is 40.5 Å². The summed E-state index contributed by atoms with van der Waals surface area (Å²) in [7, 11) is 0. The van der Waals surface area contributed by atoms with Crippen molar-refractivity contribution in [3.63, 3.8) is 0 Å². The van der Waals surface area contributed by atoms with Crippen LogP contribution in [0.4, 0.5) is 0 Å². The summed E-state index contributed by atoms with van der Waals surface area (Å²) in [5.41, 5.74) is 0.306. The van der Waals surface area contributed by atoms with Crippen molar-refractivity contribution in [2.24, 2.45) is 23.2 Å². The second-order valence-electron chi connectivity index (χ2n) is 8.42. The molecule has 0 aromatic rings. The Morgan fingerprint density at radius 3 is 2.35 bits per heavy atom. The predicted molar refractivity (Wildman–Crippen MR) is 79.5 cm³/mol. The molecular weight excluding hydrogens is 250 g/mol. The van der Waals surface area contributed by atoms with Crippen molar-refractivity contribution < 1.29 is 9.90 Å². The fourth-order valence-corrected chi connectivity index (χ4v) is 4.96. The summed E-state index contributed by atoms with van der Waals surface area (Å²) in [6.07, 6.45) is 7.03. The summed E-state index contributed by atoms with van der Waals surface area (Å²) < 4.78 is 0. The van der Waals surface area contributed by atoms with Gasteiger partial charge in [0.05, 0.1) is 5.92 Å². The van der Waals surface area contributed by atoms with E-state index in [9.17, 15) is 9.90 Å². The summed E-state index contributed by atoms with van der Waals surface area (Å²) in [6, 6.07) is 0.978. The number of hydrogen-bond donors (Lipinski definition) is 1. The van der Waals surface area contributed by atoms with Crippen LogP contribution in [0.15, 0.2) is 0 Å². The molecule has 0 amide bonds. The Balaban J connectivity index is 1.77. The molecule has 3 rings (SSSR count). The second kappa shape index (κ2) is 5.01. The molecule has 3 fully saturated rings. The Hall–Kier alpha value is -0.570. The van der Waals surface area contributed by atoms with Gasteiger partial charge in [0.25, 0.3) is 0 Å². The van der Waals surface area contributed by atoms with Gasteiger partial charge >= 0.3 is 5.97 Å². The summed E-state index contributed by atoms with van der Waals surface area (Å²) in [6.45, 7) is 8.10. The lowest BCUT2D eigenvalue weighted by atomic mass is 9.67. The number of piperidine rings is 1. The van der Waals surface area contributed by atoms with Gasteiger partial charge < -0.3 is 5.11 Å². The third-order valence-electron chi connectivity index (χ3n) is 6.24. The maximum absolute atomic E-state index is 11.7. The molecule has 1 heterocycles. The molecule has 3 heteroatoms. The van der Waals surface area contributed by atoms with Gasteiger partial charge in [0, 0.05) is 18.6 Å². The zero-order chi connectivity index (χ0) is 14.5. The number of aliphatic carboxylic acids is 1. The highest BCUT2D eigenvalue weighted by Gasteiger charge is 2.48. The van der Waals surface area contributed by atoms with Crippen LogP contribution in [0.25, 0.3) is 0 Å². The molecule has 0 aromatic carbocycles. The molecule has 0 aromatic heterocycles. The van der Waals surface area contributed by atoms with Crippen LogP contribution in [0.2, 0.25) is 0 Å². The molecule has 3 aliphatic rings. The normalized spacial score (nSPS) is 42.0. The number of hydrogen-bond acceptors (Lipinski definition) is 2. The van der Waals surface area contributed by atoms with E-state index in [1.807, 2.05) is 0 Å². The van der Waals surface area contributed by atoms with Gasteiger partial charge in [0.1, 0.15) is 0 Å². The molecule has 114 valence electrons. The van der Waals surface area contributed by atoms with Crippen molar-refractivity contribution in [2.45, 2.75) is 71.4 Å². The molecule has 1 aliphatic heterocycles. The van der Waals surface area contributed by atoms with E-state index in [0.717, 1.165) is 31.7 Å². The SMILES string of the molecule is CC(C)(C)C1CCC(C(=O)O)C(N2CC3CCC2C3)C1. The first-order valence-corrected chi connectivity index (χ1v) is 8.35. The number of nitrogens with zero attached hydrogens (tertiary/aromatic N) is 1. The van der Waals surface area contributed by atoms with Crippen LogP contribution < -0.4 is 0 Å². The van der Waals surface area contributed by atoms with E-state index < -0.39 is 5.97 Å². The fraction of sp³-hybridized carbons (Fsp3) is 0.941. The van der Waals surface area contributed by atoms with Crippen LogP contribution in [-0.4, -0.2) is 34.6 Å². The van der Waals surface area contributed by atoms with Crippen LogP contribution in [-0.2, 0) is 4.79 Å². The van der Waals surface area contributed by atoms with Gasteiger partial charge in [-0.25, -0.2) is 0 Å². The van der Waals surface area contributed by atoms with E-state index in [4.69, 9.17) is 0 Å². The zero-order valence-corrected chi connectivity index (χ0v) is 13.1. The van der Waals surface area contributed by atoms with E-state index >= 15 is 0 Å². The predicted octanol–water partition coefficient (Wildman–Crippen LogP) is 3.39. The molecule has 5 atom stereocenters. The highest BCUT2D eigenvalue weighted by atomic mass is 16.4. The summed E-state index contributed by atoms with van der Waals surface area (Å²) in [4.78, 5) is 14.2. The van der Waals surface area contributed by atoms with Gasteiger partial charge in [-0.2, -0.15) is 0 Å². The average Bonchev–Trinajstić information content (AvgIpc) is 2.99. The van der Waals surface area contributed by atoms with E-state index in [2.05, 4.69) is 25.7 Å². The lowest BCUT2D eigenvalue weighted by Crippen LogP contribution is -2.51. The number of rotatable bonds is 2. The molecule has 20 heavy (non-hydrogen) atoms. The van der Waals surface area contributed by atoms with E-state index in [1.165, 1.54) is 19.3 Å². The van der Waals surface area contributed by atoms with Crippen molar-refractivity contribution in [1.82, 2.24) is 4.90 Å². The van der Waals surface area contributed by atoms with Gasteiger partial charge in [-0.15, -0.1) is 0 Å². The quantitative estimate of drug-likeness (QED) is 0.842. The van der Waals surface area contributed by atoms with Crippen molar-refractivity contribution in [3.8, 4) is 0 Å². The summed E-state index contributed by atoms with van der Waals surface area (Å²) in [5.74, 6) is 0.824. The smallest absolute Gasteiger partial charge is 0.308 e. The average molecular weight is 279 g/mol. The van der Waals surface area contributed by atoms with E-state index in [0.29, 0.717) is 23.4 Å². The third kappa shape index (κ3) is 2.49. The van der Waals surface area contributed by atoms with Gasteiger partial charge in [-0.05, 0) is 55.8 Å². The second-order valence-corrected chi connectivity index (χ2v) is 8.42. The maximum atomic E-state index is 11.7. The van der Waals surface area contributed by atoms with Gasteiger partial charge in [0.2, 0.25) is 0 Å². The standard InChI is InChI=1S/C17H29NO2/c1-17(2,3)12-5-7-14(16(19)20)15(9-12)18-10-11-4-6-13(18)8-11/h11-15H,4-10H2,1-3H3,(H,19,20). The Kier molecular flexibility index (Phi) is 3.60. The Morgan fingerprint density at radius 1 is 1.10 bits per heavy atom. The monoisotopic (exact) mass is 279 g/mol. The summed E-state index contributed by atoms with van der Waals surface area (Å²) in [5, 5.41) is 9.60. The van der Waals surface area contributed by atoms with Crippen LogP contribution in [0.3, 0.4) is 0 Å². The number of likely N-dealkylation sites (tertiary alicyclic amines) is 1. The number of carboxylic acid groups (broad SMARTS) is 1. The molecule has 1 N–H and O–H groups in total. The molecule has 1 saturated heterocycles. The Labute approximate surface area is 122 Å². The first-order chi connectivity index (χ1) is 9.36. The molecule has 2 aliphatic carbocycles. The van der Waals surface area contributed by atoms with Gasteiger partial charge in [-0.1, -0.05) is 20.8 Å². The molecule has 2 bridgehead atoms. The van der Waals surface area contributed by atoms with Gasteiger partial charge in [-0.3, -0.25) is 9.69 Å². The molecular formula is C17H29NO2. The van der Waals surface area contributed by atoms with Gasteiger partial charge in [0.15, 0.2) is 0 Å². The van der Waals surface area contributed by atoms with Crippen LogP contribution in [0, 0.1) is 23.2 Å². The van der Waals surface area contributed by atoms with Crippen LogP contribution in [0.5, 0.6) is 0 Å². The lowest BCUT2D eigenvalue weighted by Gasteiger charge is -2.46. The minimum absolute atomic E-state index is 0.132. The van der Waals surface area contributed by atoms with Crippen molar-refractivity contribution >= 4 is 5.97 Å². The third-order valence-corrected chi connectivity index (χ3v) is 6.24. The first-order valence-electron chi connectivity index (χ1n) is 8.35. The summed E-state index contributed by atoms with van der Waals surface area (Å²) >= 11 is 0. The Bertz CT molecular complexity index is 387. The van der Waals surface area contributed by atoms with Crippen LogP contribution in [0.1, 0.15) is 59.3 Å². The minimum Gasteiger partial charge on any atom is -0.481 e. The van der Waals surface area contributed by atoms with Crippen molar-refractivity contribution in [3.05, 3.63) is 0 Å².